The van der Waals surface area contributed by atoms with Gasteiger partial charge in [-0.25, -0.2) is 4.98 Å². The van der Waals surface area contributed by atoms with Crippen LogP contribution >= 0.6 is 0 Å². The highest BCUT2D eigenvalue weighted by molar-refractivity contribution is 5.36. The molecule has 0 saturated carbocycles. The van der Waals surface area contributed by atoms with Crippen molar-refractivity contribution in [1.82, 2.24) is 14.9 Å². The summed E-state index contributed by atoms with van der Waals surface area (Å²) in [5.74, 6) is 0.0935. The lowest BCUT2D eigenvalue weighted by Crippen LogP contribution is -2.38. The Balaban J connectivity index is 1.92. The van der Waals surface area contributed by atoms with Crippen molar-refractivity contribution in [1.29, 1.82) is 0 Å². The molecule has 22 heavy (non-hydrogen) atoms. The second-order valence-electron chi connectivity index (χ2n) is 5.41. The van der Waals surface area contributed by atoms with E-state index < -0.39 is 12.6 Å². The van der Waals surface area contributed by atoms with Crippen LogP contribution in [0, 0.1) is 0 Å². The summed E-state index contributed by atoms with van der Waals surface area (Å²) >= 11 is 0. The number of nitrogens with one attached hydrogen (secondary N) is 1. The van der Waals surface area contributed by atoms with E-state index in [1.165, 1.54) is 6.07 Å². The number of rotatable bonds is 3. The molecule has 0 radical (unpaired) electrons. The molecule has 1 aromatic carbocycles. The van der Waals surface area contributed by atoms with Crippen LogP contribution in [0.2, 0.25) is 0 Å². The summed E-state index contributed by atoms with van der Waals surface area (Å²) in [4.78, 5) is 9.09. The second-order valence-corrected chi connectivity index (χ2v) is 5.41. The summed E-state index contributed by atoms with van der Waals surface area (Å²) < 4.78 is 37.7. The average Bonchev–Trinajstić information content (AvgIpc) is 2.92. The van der Waals surface area contributed by atoms with E-state index in [9.17, 15) is 18.3 Å². The van der Waals surface area contributed by atoms with Crippen LogP contribution in [0.3, 0.4) is 0 Å². The molecule has 0 saturated heterocycles. The summed E-state index contributed by atoms with van der Waals surface area (Å²) in [7, 11) is 0. The number of phenols is 1. The molecule has 0 fully saturated rings. The van der Waals surface area contributed by atoms with Crippen LogP contribution in [0.25, 0.3) is 0 Å². The van der Waals surface area contributed by atoms with Crippen LogP contribution < -0.4 is 0 Å². The predicted molar refractivity (Wildman–Crippen MR) is 74.5 cm³/mol. The Bertz CT molecular complexity index is 653. The molecule has 0 amide bonds. The molecule has 1 aromatic heterocycles. The van der Waals surface area contributed by atoms with Gasteiger partial charge in [0, 0.05) is 25.2 Å². The molecule has 2 heterocycles. The standard InChI is InChI=1S/C15H16F3N3O/c16-15(17,18)5-7-21-6-4-12-13(20-9-19-12)14(21)10-2-1-3-11(22)8-10/h1-3,8-9,14,22H,4-7H2,(H,19,20). The molecule has 0 bridgehead atoms. The van der Waals surface area contributed by atoms with Gasteiger partial charge in [-0.2, -0.15) is 13.2 Å². The highest BCUT2D eigenvalue weighted by Gasteiger charge is 2.34. The number of aromatic hydroxyl groups is 1. The van der Waals surface area contributed by atoms with E-state index in [4.69, 9.17) is 0 Å². The average molecular weight is 311 g/mol. The van der Waals surface area contributed by atoms with Gasteiger partial charge in [-0.1, -0.05) is 12.1 Å². The molecule has 2 aromatic rings. The van der Waals surface area contributed by atoms with Crippen LogP contribution in [0.15, 0.2) is 30.6 Å². The van der Waals surface area contributed by atoms with E-state index >= 15 is 0 Å². The topological polar surface area (TPSA) is 52.2 Å². The van der Waals surface area contributed by atoms with Crippen LogP contribution in [0.1, 0.15) is 29.4 Å². The minimum Gasteiger partial charge on any atom is -0.508 e. The molecule has 1 unspecified atom stereocenters. The van der Waals surface area contributed by atoms with Gasteiger partial charge in [0.25, 0.3) is 0 Å². The van der Waals surface area contributed by atoms with Gasteiger partial charge in [0.2, 0.25) is 0 Å². The molecule has 1 aliphatic rings. The third-order valence-corrected chi connectivity index (χ3v) is 3.89. The highest BCUT2D eigenvalue weighted by Crippen LogP contribution is 2.35. The van der Waals surface area contributed by atoms with Crippen molar-refractivity contribution in [3.05, 3.63) is 47.5 Å². The minimum absolute atomic E-state index is 0.0872. The number of hydrogen-bond donors (Lipinski definition) is 2. The van der Waals surface area contributed by atoms with E-state index in [1.807, 2.05) is 0 Å². The third kappa shape index (κ3) is 3.09. The Morgan fingerprint density at radius 3 is 2.91 bits per heavy atom. The fraction of sp³-hybridized carbons (Fsp3) is 0.400. The molecule has 118 valence electrons. The zero-order chi connectivity index (χ0) is 15.7. The lowest BCUT2D eigenvalue weighted by Gasteiger charge is -2.35. The van der Waals surface area contributed by atoms with Gasteiger partial charge in [0.15, 0.2) is 0 Å². The van der Waals surface area contributed by atoms with E-state index in [0.29, 0.717) is 13.0 Å². The summed E-state index contributed by atoms with van der Waals surface area (Å²) in [5.41, 5.74) is 2.42. The Kier molecular flexibility index (Phi) is 3.82. The number of H-pyrrole nitrogens is 1. The molecule has 2 N–H and O–H groups in total. The molecule has 4 nitrogen and oxygen atoms in total. The first kappa shape index (κ1) is 14.9. The Morgan fingerprint density at radius 2 is 2.18 bits per heavy atom. The quantitative estimate of drug-likeness (QED) is 0.916. The summed E-state index contributed by atoms with van der Waals surface area (Å²) in [6.07, 6.45) is -2.84. The monoisotopic (exact) mass is 311 g/mol. The van der Waals surface area contributed by atoms with Crippen molar-refractivity contribution in [3.8, 4) is 5.75 Å². The number of alkyl halides is 3. The number of aromatic nitrogens is 2. The number of hydrogen-bond acceptors (Lipinski definition) is 3. The Morgan fingerprint density at radius 1 is 1.36 bits per heavy atom. The molecular weight excluding hydrogens is 295 g/mol. The van der Waals surface area contributed by atoms with E-state index in [1.54, 1.807) is 29.4 Å². The maximum absolute atomic E-state index is 12.6. The fourth-order valence-electron chi connectivity index (χ4n) is 2.90. The first-order chi connectivity index (χ1) is 10.4. The van der Waals surface area contributed by atoms with Crippen LogP contribution in [0.4, 0.5) is 13.2 Å². The minimum atomic E-state index is -4.19. The van der Waals surface area contributed by atoms with Gasteiger partial charge in [0.1, 0.15) is 5.75 Å². The number of fused-ring (bicyclic) bond motifs is 1. The predicted octanol–water partition coefficient (Wildman–Crippen LogP) is 3.02. The van der Waals surface area contributed by atoms with E-state index in [-0.39, 0.29) is 18.3 Å². The fourth-order valence-corrected chi connectivity index (χ4v) is 2.90. The number of halogens is 3. The van der Waals surface area contributed by atoms with Gasteiger partial charge in [-0.05, 0) is 17.7 Å². The number of aromatic amines is 1. The van der Waals surface area contributed by atoms with Crippen molar-refractivity contribution in [2.75, 3.05) is 13.1 Å². The van der Waals surface area contributed by atoms with Gasteiger partial charge in [-0.15, -0.1) is 0 Å². The first-order valence-electron chi connectivity index (χ1n) is 7.06. The van der Waals surface area contributed by atoms with E-state index in [0.717, 1.165) is 17.0 Å². The normalized spacial score (nSPS) is 19.1. The molecule has 1 atom stereocenters. The smallest absolute Gasteiger partial charge is 0.390 e. The Hall–Kier alpha value is -2.02. The number of nitrogens with zero attached hydrogens (tertiary/aromatic N) is 2. The highest BCUT2D eigenvalue weighted by atomic mass is 19.4. The zero-order valence-electron chi connectivity index (χ0n) is 11.8. The number of benzene rings is 1. The van der Waals surface area contributed by atoms with Crippen molar-refractivity contribution in [3.63, 3.8) is 0 Å². The van der Waals surface area contributed by atoms with Gasteiger partial charge in [0.05, 0.1) is 24.5 Å². The maximum atomic E-state index is 12.6. The van der Waals surface area contributed by atoms with Crippen molar-refractivity contribution < 1.29 is 18.3 Å². The van der Waals surface area contributed by atoms with Gasteiger partial charge < -0.3 is 10.1 Å². The molecular formula is C15H16F3N3O. The van der Waals surface area contributed by atoms with Gasteiger partial charge in [-0.3, -0.25) is 4.90 Å². The largest absolute Gasteiger partial charge is 0.508 e. The number of phenolic OH excluding ortho intramolecular Hbond substituents is 1. The zero-order valence-corrected chi connectivity index (χ0v) is 11.8. The molecule has 7 heteroatoms. The number of imidazole rings is 1. The molecule has 0 spiro atoms. The van der Waals surface area contributed by atoms with Crippen LogP contribution in [-0.4, -0.2) is 39.2 Å². The summed E-state index contributed by atoms with van der Waals surface area (Å²) in [6, 6.07) is 6.24. The summed E-state index contributed by atoms with van der Waals surface area (Å²) in [5, 5.41) is 9.66. The van der Waals surface area contributed by atoms with Crippen LogP contribution in [-0.2, 0) is 6.42 Å². The van der Waals surface area contributed by atoms with E-state index in [2.05, 4.69) is 9.97 Å². The SMILES string of the molecule is Oc1cccc(C2c3nc[nH]c3CCN2CCC(F)(F)F)c1. The first-order valence-corrected chi connectivity index (χ1v) is 7.06. The Labute approximate surface area is 125 Å². The second kappa shape index (κ2) is 5.64. The lowest BCUT2D eigenvalue weighted by atomic mass is 9.95. The molecule has 3 rings (SSSR count). The molecule has 0 aliphatic carbocycles. The van der Waals surface area contributed by atoms with Crippen molar-refractivity contribution >= 4 is 0 Å². The maximum Gasteiger partial charge on any atom is 0.390 e. The van der Waals surface area contributed by atoms with Crippen LogP contribution in [0.5, 0.6) is 5.75 Å². The summed E-state index contributed by atoms with van der Waals surface area (Å²) in [6.45, 7) is 0.432. The van der Waals surface area contributed by atoms with Crippen molar-refractivity contribution in [2.45, 2.75) is 25.1 Å². The van der Waals surface area contributed by atoms with Gasteiger partial charge >= 0.3 is 6.18 Å². The molecule has 1 aliphatic heterocycles. The van der Waals surface area contributed by atoms with Crippen molar-refractivity contribution in [2.24, 2.45) is 0 Å². The third-order valence-electron chi connectivity index (χ3n) is 3.89. The lowest BCUT2D eigenvalue weighted by molar-refractivity contribution is -0.139.